The summed E-state index contributed by atoms with van der Waals surface area (Å²) in [6.45, 7) is 0.0908. The molecule has 0 aromatic carbocycles. The van der Waals surface area contributed by atoms with E-state index >= 15 is 0 Å². The molecule has 1 amide bonds. The monoisotopic (exact) mass is 155 g/mol. The van der Waals surface area contributed by atoms with Gasteiger partial charge in [0.1, 0.15) is 0 Å². The fourth-order valence-electron chi connectivity index (χ4n) is 2.10. The highest BCUT2D eigenvalue weighted by atomic mass is 16.3. The van der Waals surface area contributed by atoms with E-state index in [1.165, 1.54) is 6.42 Å². The first-order chi connectivity index (χ1) is 5.27. The van der Waals surface area contributed by atoms with Crippen molar-refractivity contribution in [2.24, 2.45) is 5.41 Å². The molecule has 1 saturated carbocycles. The maximum Gasteiger partial charge on any atom is 0.226 e. The van der Waals surface area contributed by atoms with Gasteiger partial charge < -0.3 is 10.4 Å². The van der Waals surface area contributed by atoms with Crippen LogP contribution in [0.2, 0.25) is 0 Å². The van der Waals surface area contributed by atoms with Gasteiger partial charge in [-0.25, -0.2) is 0 Å². The highest BCUT2D eigenvalue weighted by Gasteiger charge is 2.50. The number of hydrogen-bond acceptors (Lipinski definition) is 2. The SMILES string of the molecule is O=C1NC(CO)CC12CCC2. The molecule has 1 atom stereocenters. The Balaban J connectivity index is 2.08. The standard InChI is InChI=1S/C8H13NO2/c10-5-6-4-8(2-1-3-8)7(11)9-6/h6,10H,1-5H2,(H,9,11). The van der Waals surface area contributed by atoms with E-state index in [9.17, 15) is 4.79 Å². The van der Waals surface area contributed by atoms with Gasteiger partial charge in [-0.3, -0.25) is 4.79 Å². The molecule has 1 saturated heterocycles. The van der Waals surface area contributed by atoms with Crippen LogP contribution in [0.4, 0.5) is 0 Å². The molecule has 0 aromatic rings. The van der Waals surface area contributed by atoms with Crippen molar-refractivity contribution in [1.29, 1.82) is 0 Å². The van der Waals surface area contributed by atoms with Gasteiger partial charge in [0.2, 0.25) is 5.91 Å². The Labute approximate surface area is 65.8 Å². The van der Waals surface area contributed by atoms with Gasteiger partial charge in [-0.2, -0.15) is 0 Å². The lowest BCUT2D eigenvalue weighted by molar-refractivity contribution is -0.131. The van der Waals surface area contributed by atoms with Crippen molar-refractivity contribution < 1.29 is 9.90 Å². The lowest BCUT2D eigenvalue weighted by atomic mass is 9.67. The smallest absolute Gasteiger partial charge is 0.226 e. The zero-order valence-corrected chi connectivity index (χ0v) is 6.47. The number of nitrogens with one attached hydrogen (secondary N) is 1. The van der Waals surface area contributed by atoms with Crippen LogP contribution >= 0.6 is 0 Å². The van der Waals surface area contributed by atoms with Crippen LogP contribution in [0.25, 0.3) is 0 Å². The van der Waals surface area contributed by atoms with E-state index < -0.39 is 0 Å². The summed E-state index contributed by atoms with van der Waals surface area (Å²) in [5, 5.41) is 11.6. The number of carbonyl (C=O) groups is 1. The van der Waals surface area contributed by atoms with E-state index in [4.69, 9.17) is 5.11 Å². The van der Waals surface area contributed by atoms with E-state index in [1.807, 2.05) is 0 Å². The van der Waals surface area contributed by atoms with Crippen LogP contribution in [0.1, 0.15) is 25.7 Å². The number of aliphatic hydroxyl groups is 1. The van der Waals surface area contributed by atoms with Crippen molar-refractivity contribution in [3.63, 3.8) is 0 Å². The Morgan fingerprint density at radius 1 is 1.64 bits per heavy atom. The van der Waals surface area contributed by atoms with Crippen molar-refractivity contribution in [3.05, 3.63) is 0 Å². The zero-order chi connectivity index (χ0) is 7.90. The molecule has 1 heterocycles. The van der Waals surface area contributed by atoms with Gasteiger partial charge in [-0.1, -0.05) is 6.42 Å². The topological polar surface area (TPSA) is 49.3 Å². The van der Waals surface area contributed by atoms with Crippen molar-refractivity contribution in [2.75, 3.05) is 6.61 Å². The highest BCUT2D eigenvalue weighted by molar-refractivity contribution is 5.86. The summed E-state index contributed by atoms with van der Waals surface area (Å²) in [6.07, 6.45) is 4.07. The minimum Gasteiger partial charge on any atom is -0.394 e. The molecule has 2 N–H and O–H groups in total. The lowest BCUT2D eigenvalue weighted by Crippen LogP contribution is -2.37. The van der Waals surface area contributed by atoms with Gasteiger partial charge in [0, 0.05) is 0 Å². The van der Waals surface area contributed by atoms with Gasteiger partial charge >= 0.3 is 0 Å². The first-order valence-electron chi connectivity index (χ1n) is 4.19. The second-order valence-corrected chi connectivity index (χ2v) is 3.69. The Morgan fingerprint density at radius 3 is 2.64 bits per heavy atom. The average molecular weight is 155 g/mol. The molecule has 11 heavy (non-hydrogen) atoms. The maximum atomic E-state index is 11.3. The molecule has 3 heteroatoms. The summed E-state index contributed by atoms with van der Waals surface area (Å²) >= 11 is 0. The van der Waals surface area contributed by atoms with E-state index in [-0.39, 0.29) is 24.0 Å². The fourth-order valence-corrected chi connectivity index (χ4v) is 2.10. The number of rotatable bonds is 1. The third kappa shape index (κ3) is 0.872. The number of amides is 1. The molecule has 1 spiro atoms. The Morgan fingerprint density at radius 2 is 2.36 bits per heavy atom. The summed E-state index contributed by atoms with van der Waals surface area (Å²) < 4.78 is 0. The molecule has 0 radical (unpaired) electrons. The minimum atomic E-state index is -0.0621. The van der Waals surface area contributed by atoms with Gasteiger partial charge in [0.25, 0.3) is 0 Å². The first kappa shape index (κ1) is 7.10. The van der Waals surface area contributed by atoms with E-state index in [0.29, 0.717) is 0 Å². The molecule has 3 nitrogen and oxygen atoms in total. The average Bonchev–Trinajstić information content (AvgIpc) is 2.25. The molecule has 62 valence electrons. The molecular formula is C8H13NO2. The van der Waals surface area contributed by atoms with Crippen molar-refractivity contribution in [3.8, 4) is 0 Å². The quantitative estimate of drug-likeness (QED) is 0.561. The molecule has 2 rings (SSSR count). The molecule has 2 aliphatic rings. The van der Waals surface area contributed by atoms with Gasteiger partial charge in [0.05, 0.1) is 18.1 Å². The predicted octanol–water partition coefficient (Wildman–Crippen LogP) is 0.0375. The summed E-state index contributed by atoms with van der Waals surface area (Å²) in [4.78, 5) is 11.3. The molecular weight excluding hydrogens is 142 g/mol. The summed E-state index contributed by atoms with van der Waals surface area (Å²) in [7, 11) is 0. The molecule has 1 unspecified atom stereocenters. The van der Waals surface area contributed by atoms with Crippen molar-refractivity contribution in [1.82, 2.24) is 5.32 Å². The predicted molar refractivity (Wildman–Crippen MR) is 39.9 cm³/mol. The Kier molecular flexibility index (Phi) is 1.42. The molecule has 0 aromatic heterocycles. The summed E-state index contributed by atoms with van der Waals surface area (Å²) in [5.41, 5.74) is -0.0621. The highest BCUT2D eigenvalue weighted by Crippen LogP contribution is 2.47. The van der Waals surface area contributed by atoms with Crippen LogP contribution in [0.5, 0.6) is 0 Å². The third-order valence-corrected chi connectivity index (χ3v) is 2.99. The van der Waals surface area contributed by atoms with Crippen LogP contribution in [-0.4, -0.2) is 23.7 Å². The molecule has 1 aliphatic carbocycles. The second kappa shape index (κ2) is 2.21. The van der Waals surface area contributed by atoms with E-state index in [1.54, 1.807) is 0 Å². The van der Waals surface area contributed by atoms with E-state index in [0.717, 1.165) is 19.3 Å². The van der Waals surface area contributed by atoms with Gasteiger partial charge in [-0.05, 0) is 19.3 Å². The van der Waals surface area contributed by atoms with Crippen molar-refractivity contribution in [2.45, 2.75) is 31.7 Å². The largest absolute Gasteiger partial charge is 0.394 e. The lowest BCUT2D eigenvalue weighted by Gasteiger charge is -2.35. The van der Waals surface area contributed by atoms with Crippen LogP contribution in [0, 0.1) is 5.41 Å². The summed E-state index contributed by atoms with van der Waals surface area (Å²) in [6, 6.07) is 0.0304. The zero-order valence-electron chi connectivity index (χ0n) is 6.47. The minimum absolute atomic E-state index is 0.0304. The van der Waals surface area contributed by atoms with Crippen LogP contribution in [0.15, 0.2) is 0 Å². The Bertz CT molecular complexity index is 187. The summed E-state index contributed by atoms with van der Waals surface area (Å²) in [5.74, 6) is 0.169. The Hall–Kier alpha value is -0.570. The van der Waals surface area contributed by atoms with Gasteiger partial charge in [0.15, 0.2) is 0 Å². The van der Waals surface area contributed by atoms with Crippen LogP contribution < -0.4 is 5.32 Å². The molecule has 2 fully saturated rings. The first-order valence-corrected chi connectivity index (χ1v) is 4.19. The molecule has 1 aliphatic heterocycles. The van der Waals surface area contributed by atoms with Crippen LogP contribution in [0.3, 0.4) is 0 Å². The normalized spacial score (nSPS) is 33.5. The number of carbonyl (C=O) groups excluding carboxylic acids is 1. The second-order valence-electron chi connectivity index (χ2n) is 3.69. The number of aliphatic hydroxyl groups excluding tert-OH is 1. The fraction of sp³-hybridized carbons (Fsp3) is 0.875. The van der Waals surface area contributed by atoms with Gasteiger partial charge in [-0.15, -0.1) is 0 Å². The number of hydrogen-bond donors (Lipinski definition) is 2. The molecule has 0 bridgehead atoms. The van der Waals surface area contributed by atoms with E-state index in [2.05, 4.69) is 5.32 Å². The maximum absolute atomic E-state index is 11.3. The van der Waals surface area contributed by atoms with Crippen LogP contribution in [-0.2, 0) is 4.79 Å². The van der Waals surface area contributed by atoms with Crippen molar-refractivity contribution >= 4 is 5.91 Å². The third-order valence-electron chi connectivity index (χ3n) is 2.99.